The molecule has 6 nitrogen and oxygen atoms in total. The summed E-state index contributed by atoms with van der Waals surface area (Å²) in [6.45, 7) is -2.81. The van der Waals surface area contributed by atoms with Crippen molar-refractivity contribution in [1.82, 2.24) is 0 Å². The van der Waals surface area contributed by atoms with E-state index in [1.807, 2.05) is 0 Å². The Morgan fingerprint density at radius 1 is 1.19 bits per heavy atom. The molecule has 0 saturated carbocycles. The zero-order valence-electron chi connectivity index (χ0n) is 14.1. The molecule has 140 valence electrons. The smallest absolute Gasteiger partial charge is 0.387 e. The summed E-state index contributed by atoms with van der Waals surface area (Å²) in [7, 11) is 1.33. The Morgan fingerprint density at radius 3 is 2.65 bits per heavy atom. The standard InChI is InChI=1S/C18H19F2NO5/c1-24-16-10-12(6-7-15(16)26-18(19)20)11-25-17(23)13-4-2-3-5-14(13)21-8-9-22/h2-7,10,18,21-22H,8-9,11H2,1H3. The molecule has 0 unspecified atom stereocenters. The van der Waals surface area contributed by atoms with Crippen LogP contribution in [0.2, 0.25) is 0 Å². The Morgan fingerprint density at radius 2 is 1.96 bits per heavy atom. The lowest BCUT2D eigenvalue weighted by Gasteiger charge is -2.13. The molecule has 2 aromatic carbocycles. The highest BCUT2D eigenvalue weighted by molar-refractivity contribution is 5.95. The second-order valence-corrected chi connectivity index (χ2v) is 5.14. The molecule has 26 heavy (non-hydrogen) atoms. The number of benzene rings is 2. The van der Waals surface area contributed by atoms with Crippen molar-refractivity contribution in [3.05, 3.63) is 53.6 Å². The molecule has 0 spiro atoms. The minimum Gasteiger partial charge on any atom is -0.493 e. The van der Waals surface area contributed by atoms with Crippen molar-refractivity contribution >= 4 is 11.7 Å². The number of para-hydroxylation sites is 1. The maximum absolute atomic E-state index is 12.3. The molecule has 0 aromatic heterocycles. The molecule has 0 aliphatic carbocycles. The maximum Gasteiger partial charge on any atom is 0.387 e. The second-order valence-electron chi connectivity index (χ2n) is 5.14. The number of aliphatic hydroxyl groups is 1. The van der Waals surface area contributed by atoms with E-state index in [-0.39, 0.29) is 24.7 Å². The van der Waals surface area contributed by atoms with Crippen LogP contribution in [-0.2, 0) is 11.3 Å². The first-order valence-corrected chi connectivity index (χ1v) is 7.77. The first-order chi connectivity index (χ1) is 12.5. The molecule has 0 radical (unpaired) electrons. The van der Waals surface area contributed by atoms with E-state index in [9.17, 15) is 13.6 Å². The Bertz CT molecular complexity index is 739. The lowest BCUT2D eigenvalue weighted by Crippen LogP contribution is -2.12. The van der Waals surface area contributed by atoms with E-state index < -0.39 is 12.6 Å². The fourth-order valence-corrected chi connectivity index (χ4v) is 2.23. The molecule has 2 aromatic rings. The van der Waals surface area contributed by atoms with Gasteiger partial charge in [-0.2, -0.15) is 8.78 Å². The Balaban J connectivity index is 2.05. The summed E-state index contributed by atoms with van der Waals surface area (Å²) < 4.78 is 39.3. The van der Waals surface area contributed by atoms with Crippen molar-refractivity contribution in [2.45, 2.75) is 13.2 Å². The molecule has 2 N–H and O–H groups in total. The second kappa shape index (κ2) is 9.57. The van der Waals surface area contributed by atoms with Crippen molar-refractivity contribution in [2.24, 2.45) is 0 Å². The number of methoxy groups -OCH3 is 1. The topological polar surface area (TPSA) is 77.0 Å². The van der Waals surface area contributed by atoms with Crippen LogP contribution in [0.15, 0.2) is 42.5 Å². The Hall–Kier alpha value is -2.87. The van der Waals surface area contributed by atoms with Crippen LogP contribution < -0.4 is 14.8 Å². The first-order valence-electron chi connectivity index (χ1n) is 7.77. The number of halogens is 2. The molecule has 0 aliphatic heterocycles. The van der Waals surface area contributed by atoms with Gasteiger partial charge in [0.1, 0.15) is 6.61 Å². The van der Waals surface area contributed by atoms with Crippen molar-refractivity contribution in [2.75, 3.05) is 25.6 Å². The summed E-state index contributed by atoms with van der Waals surface area (Å²) in [6.07, 6.45) is 0. The zero-order chi connectivity index (χ0) is 18.9. The van der Waals surface area contributed by atoms with Crippen molar-refractivity contribution in [1.29, 1.82) is 0 Å². The van der Waals surface area contributed by atoms with Gasteiger partial charge in [-0.25, -0.2) is 4.79 Å². The predicted octanol–water partition coefficient (Wildman–Crippen LogP) is 3.06. The normalized spacial score (nSPS) is 10.5. The third-order valence-electron chi connectivity index (χ3n) is 3.39. The molecule has 0 fully saturated rings. The van der Waals surface area contributed by atoms with E-state index in [0.717, 1.165) is 0 Å². The number of alkyl halides is 2. The van der Waals surface area contributed by atoms with E-state index in [0.29, 0.717) is 23.4 Å². The van der Waals surface area contributed by atoms with Gasteiger partial charge in [-0.3, -0.25) is 0 Å². The highest BCUT2D eigenvalue weighted by Crippen LogP contribution is 2.29. The van der Waals surface area contributed by atoms with Gasteiger partial charge < -0.3 is 24.6 Å². The van der Waals surface area contributed by atoms with Crippen molar-refractivity contribution < 1.29 is 32.9 Å². The fraction of sp³-hybridized carbons (Fsp3) is 0.278. The average molecular weight is 367 g/mol. The summed E-state index contributed by atoms with van der Waals surface area (Å²) in [5.74, 6) is -0.544. The lowest BCUT2D eigenvalue weighted by molar-refractivity contribution is -0.0512. The molecular formula is C18H19F2NO5. The minimum atomic E-state index is -2.96. The highest BCUT2D eigenvalue weighted by atomic mass is 19.3. The number of hydrogen-bond acceptors (Lipinski definition) is 6. The van der Waals surface area contributed by atoms with Crippen LogP contribution in [0.4, 0.5) is 14.5 Å². The summed E-state index contributed by atoms with van der Waals surface area (Å²) in [4.78, 5) is 12.3. The van der Waals surface area contributed by atoms with Crippen LogP contribution in [-0.4, -0.2) is 37.9 Å². The van der Waals surface area contributed by atoms with Gasteiger partial charge in [-0.05, 0) is 29.8 Å². The van der Waals surface area contributed by atoms with E-state index in [1.165, 1.54) is 25.3 Å². The van der Waals surface area contributed by atoms with Crippen LogP contribution >= 0.6 is 0 Å². The number of nitrogens with one attached hydrogen (secondary N) is 1. The van der Waals surface area contributed by atoms with Crippen LogP contribution in [0, 0.1) is 0 Å². The predicted molar refractivity (Wildman–Crippen MR) is 90.8 cm³/mol. The number of rotatable bonds is 9. The number of anilines is 1. The minimum absolute atomic E-state index is 0.0709. The van der Waals surface area contributed by atoms with E-state index in [2.05, 4.69) is 10.1 Å². The molecule has 0 heterocycles. The van der Waals surface area contributed by atoms with Gasteiger partial charge in [0.05, 0.1) is 19.3 Å². The number of carbonyl (C=O) groups is 1. The quantitative estimate of drug-likeness (QED) is 0.664. The summed E-state index contributed by atoms with van der Waals surface area (Å²) in [6, 6.07) is 11.0. The Kier molecular flexibility index (Phi) is 7.16. The fourth-order valence-electron chi connectivity index (χ4n) is 2.23. The number of hydrogen-bond donors (Lipinski definition) is 2. The van der Waals surface area contributed by atoms with E-state index in [1.54, 1.807) is 24.3 Å². The van der Waals surface area contributed by atoms with Gasteiger partial charge in [0, 0.05) is 12.2 Å². The van der Waals surface area contributed by atoms with E-state index in [4.69, 9.17) is 14.6 Å². The van der Waals surface area contributed by atoms with Crippen LogP contribution in [0.3, 0.4) is 0 Å². The third-order valence-corrected chi connectivity index (χ3v) is 3.39. The average Bonchev–Trinajstić information content (AvgIpc) is 2.65. The summed E-state index contributed by atoms with van der Waals surface area (Å²) in [5.41, 5.74) is 1.42. The van der Waals surface area contributed by atoms with Gasteiger partial charge >= 0.3 is 12.6 Å². The molecular weight excluding hydrogens is 348 g/mol. The molecule has 0 saturated heterocycles. The molecule has 0 bridgehead atoms. The van der Waals surface area contributed by atoms with Crippen LogP contribution in [0.1, 0.15) is 15.9 Å². The van der Waals surface area contributed by atoms with Crippen molar-refractivity contribution in [3.63, 3.8) is 0 Å². The largest absolute Gasteiger partial charge is 0.493 e. The van der Waals surface area contributed by atoms with Gasteiger partial charge in [0.25, 0.3) is 0 Å². The monoisotopic (exact) mass is 367 g/mol. The zero-order valence-corrected chi connectivity index (χ0v) is 14.1. The third kappa shape index (κ3) is 5.32. The van der Waals surface area contributed by atoms with Crippen LogP contribution in [0.25, 0.3) is 0 Å². The number of ether oxygens (including phenoxy) is 3. The number of aliphatic hydroxyl groups excluding tert-OH is 1. The highest BCUT2D eigenvalue weighted by Gasteiger charge is 2.14. The van der Waals surface area contributed by atoms with E-state index >= 15 is 0 Å². The van der Waals surface area contributed by atoms with Gasteiger partial charge in [0.2, 0.25) is 0 Å². The molecule has 0 amide bonds. The van der Waals surface area contributed by atoms with Gasteiger partial charge in [-0.15, -0.1) is 0 Å². The molecule has 0 aliphatic rings. The van der Waals surface area contributed by atoms with Gasteiger partial charge in [0.15, 0.2) is 11.5 Å². The molecule has 0 atom stereocenters. The summed E-state index contributed by atoms with van der Waals surface area (Å²) >= 11 is 0. The maximum atomic E-state index is 12.3. The molecule has 2 rings (SSSR count). The van der Waals surface area contributed by atoms with Gasteiger partial charge in [-0.1, -0.05) is 18.2 Å². The van der Waals surface area contributed by atoms with Crippen LogP contribution in [0.5, 0.6) is 11.5 Å². The Labute approximate surface area is 149 Å². The lowest BCUT2D eigenvalue weighted by atomic mass is 10.1. The number of esters is 1. The van der Waals surface area contributed by atoms with Crippen molar-refractivity contribution in [3.8, 4) is 11.5 Å². The molecule has 8 heteroatoms. The summed E-state index contributed by atoms with van der Waals surface area (Å²) in [5, 5.41) is 11.8. The first kappa shape index (κ1) is 19.5. The number of carbonyl (C=O) groups excluding carboxylic acids is 1. The SMILES string of the molecule is COc1cc(COC(=O)c2ccccc2NCCO)ccc1OC(F)F.